The minimum atomic E-state index is -2.87. The maximum absolute atomic E-state index is 11.4. The molecule has 1 aliphatic heterocycles. The Balaban J connectivity index is 1.72. The summed E-state index contributed by atoms with van der Waals surface area (Å²) < 4.78 is 22.8. The predicted octanol–water partition coefficient (Wildman–Crippen LogP) is 0.969. The molecule has 0 amide bonds. The Hall–Kier alpha value is -2.02. The minimum absolute atomic E-state index is 0.0158. The molecule has 1 aliphatic rings. The third-order valence-corrected chi connectivity index (χ3v) is 5.16. The van der Waals surface area contributed by atoms with Crippen LogP contribution in [0.2, 0.25) is 0 Å². The summed E-state index contributed by atoms with van der Waals surface area (Å²) in [5.41, 5.74) is 2.34. The Morgan fingerprint density at radius 2 is 1.90 bits per heavy atom. The predicted molar refractivity (Wildman–Crippen MR) is 77.5 cm³/mol. The summed E-state index contributed by atoms with van der Waals surface area (Å²) in [6.07, 6.45) is 0.648. The van der Waals surface area contributed by atoms with Gasteiger partial charge in [-0.3, -0.25) is 15.0 Å². The third kappa shape index (κ3) is 2.77. The Morgan fingerprint density at radius 1 is 1.15 bits per heavy atom. The molecule has 2 aromatic rings. The topological polar surface area (TPSA) is 94.8 Å². The highest BCUT2D eigenvalue weighted by Crippen LogP contribution is 2.21. The van der Waals surface area contributed by atoms with Crippen molar-refractivity contribution in [2.75, 3.05) is 16.8 Å². The van der Waals surface area contributed by atoms with E-state index < -0.39 is 9.84 Å². The molecule has 1 saturated heterocycles. The molecule has 106 valence electrons. The lowest BCUT2D eigenvalue weighted by Crippen LogP contribution is -2.20. The number of hydrogen-bond donors (Lipinski definition) is 3. The van der Waals surface area contributed by atoms with Crippen LogP contribution in [-0.4, -0.2) is 36.2 Å². The van der Waals surface area contributed by atoms with Crippen LogP contribution in [0.4, 0.5) is 5.69 Å². The van der Waals surface area contributed by atoms with Gasteiger partial charge in [0.2, 0.25) is 0 Å². The van der Waals surface area contributed by atoms with Gasteiger partial charge in [-0.15, -0.1) is 0 Å². The van der Waals surface area contributed by atoms with Gasteiger partial charge < -0.3 is 5.32 Å². The monoisotopic (exact) mass is 293 g/mol. The highest BCUT2D eigenvalue weighted by Gasteiger charge is 2.27. The average molecular weight is 293 g/mol. The van der Waals surface area contributed by atoms with Gasteiger partial charge >= 0.3 is 0 Å². The molecule has 1 atom stereocenters. The van der Waals surface area contributed by atoms with Gasteiger partial charge in [0.1, 0.15) is 0 Å². The molecule has 3 rings (SSSR count). The number of sulfone groups is 1. The molecule has 0 saturated carbocycles. The standard InChI is InChI=1S/C13H15N3O3S/c17-13-7-12(15-16-13)9-1-3-10(4-2-9)14-11-5-6-20(18,19)8-11/h1-4,7,11,14H,5-6,8H2,(H2,15,16,17). The van der Waals surface area contributed by atoms with E-state index in [9.17, 15) is 13.2 Å². The van der Waals surface area contributed by atoms with Crippen molar-refractivity contribution in [2.24, 2.45) is 0 Å². The quantitative estimate of drug-likeness (QED) is 0.786. The van der Waals surface area contributed by atoms with Gasteiger partial charge in [-0.25, -0.2) is 8.42 Å². The average Bonchev–Trinajstić information content (AvgIpc) is 2.97. The molecule has 1 fully saturated rings. The summed E-state index contributed by atoms with van der Waals surface area (Å²) in [7, 11) is -2.87. The van der Waals surface area contributed by atoms with Crippen molar-refractivity contribution in [2.45, 2.75) is 12.5 Å². The van der Waals surface area contributed by atoms with E-state index in [2.05, 4.69) is 15.5 Å². The maximum atomic E-state index is 11.4. The van der Waals surface area contributed by atoms with Crippen molar-refractivity contribution in [1.29, 1.82) is 0 Å². The molecule has 1 aromatic heterocycles. The number of H-pyrrole nitrogens is 2. The number of hydrogen-bond acceptors (Lipinski definition) is 4. The second-order valence-corrected chi connectivity index (χ2v) is 7.22. The molecule has 3 N–H and O–H groups in total. The molecule has 20 heavy (non-hydrogen) atoms. The van der Waals surface area contributed by atoms with Crippen LogP contribution in [-0.2, 0) is 9.84 Å². The van der Waals surface area contributed by atoms with Crippen molar-refractivity contribution in [3.05, 3.63) is 40.7 Å². The fraction of sp³-hybridized carbons (Fsp3) is 0.308. The van der Waals surface area contributed by atoms with Crippen LogP contribution in [0.3, 0.4) is 0 Å². The normalized spacial score (nSPS) is 20.9. The summed E-state index contributed by atoms with van der Waals surface area (Å²) >= 11 is 0. The van der Waals surface area contributed by atoms with E-state index in [0.717, 1.165) is 16.9 Å². The smallest absolute Gasteiger partial charge is 0.264 e. The van der Waals surface area contributed by atoms with E-state index >= 15 is 0 Å². The van der Waals surface area contributed by atoms with Gasteiger partial charge in [-0.1, -0.05) is 12.1 Å². The largest absolute Gasteiger partial charge is 0.381 e. The van der Waals surface area contributed by atoms with Gasteiger partial charge in [0, 0.05) is 17.8 Å². The lowest BCUT2D eigenvalue weighted by Gasteiger charge is -2.12. The summed E-state index contributed by atoms with van der Waals surface area (Å²) in [5.74, 6) is 0.452. The molecule has 6 nitrogen and oxygen atoms in total. The third-order valence-electron chi connectivity index (χ3n) is 3.39. The first-order chi connectivity index (χ1) is 9.52. The molecule has 1 unspecified atom stereocenters. The van der Waals surface area contributed by atoms with Crippen LogP contribution in [0.1, 0.15) is 6.42 Å². The van der Waals surface area contributed by atoms with E-state index in [-0.39, 0.29) is 23.1 Å². The summed E-state index contributed by atoms with van der Waals surface area (Å²) in [4.78, 5) is 11.1. The fourth-order valence-corrected chi connectivity index (χ4v) is 4.05. The van der Waals surface area contributed by atoms with Crippen LogP contribution >= 0.6 is 0 Å². The molecule has 0 spiro atoms. The molecule has 0 bridgehead atoms. The SMILES string of the molecule is O=c1cc(-c2ccc(NC3CCS(=O)(=O)C3)cc2)[nH][nH]1. The van der Waals surface area contributed by atoms with Crippen molar-refractivity contribution < 1.29 is 8.42 Å². The van der Waals surface area contributed by atoms with Crippen molar-refractivity contribution >= 4 is 15.5 Å². The molecule has 1 aromatic carbocycles. The van der Waals surface area contributed by atoms with Crippen LogP contribution in [0.5, 0.6) is 0 Å². The number of aromatic amines is 2. The molecule has 2 heterocycles. The number of benzene rings is 1. The van der Waals surface area contributed by atoms with Gasteiger partial charge in [-0.05, 0) is 24.1 Å². The zero-order valence-electron chi connectivity index (χ0n) is 10.7. The highest BCUT2D eigenvalue weighted by atomic mass is 32.2. The Bertz CT molecular complexity index is 759. The van der Waals surface area contributed by atoms with E-state index in [1.165, 1.54) is 6.07 Å². The summed E-state index contributed by atoms with van der Waals surface area (Å²) in [6, 6.07) is 9.00. The maximum Gasteiger partial charge on any atom is 0.264 e. The van der Waals surface area contributed by atoms with Gasteiger partial charge in [-0.2, -0.15) is 0 Å². The van der Waals surface area contributed by atoms with Crippen molar-refractivity contribution in [3.8, 4) is 11.3 Å². The summed E-state index contributed by atoms with van der Waals surface area (Å²) in [6.45, 7) is 0. The Morgan fingerprint density at radius 3 is 2.45 bits per heavy atom. The first-order valence-corrected chi connectivity index (χ1v) is 8.19. The van der Waals surface area contributed by atoms with Crippen LogP contribution in [0.25, 0.3) is 11.3 Å². The van der Waals surface area contributed by atoms with E-state index in [1.807, 2.05) is 24.3 Å². The van der Waals surface area contributed by atoms with Crippen molar-refractivity contribution in [3.63, 3.8) is 0 Å². The summed E-state index contributed by atoms with van der Waals surface area (Å²) in [5, 5.41) is 8.50. The molecule has 0 radical (unpaired) electrons. The molecular formula is C13H15N3O3S. The Kier molecular flexibility index (Phi) is 3.13. The zero-order chi connectivity index (χ0) is 14.2. The fourth-order valence-electron chi connectivity index (χ4n) is 2.38. The number of rotatable bonds is 3. The zero-order valence-corrected chi connectivity index (χ0v) is 11.5. The van der Waals surface area contributed by atoms with E-state index in [4.69, 9.17) is 0 Å². The van der Waals surface area contributed by atoms with E-state index in [1.54, 1.807) is 0 Å². The number of nitrogens with one attached hydrogen (secondary N) is 3. The highest BCUT2D eigenvalue weighted by molar-refractivity contribution is 7.91. The molecular weight excluding hydrogens is 278 g/mol. The molecule has 7 heteroatoms. The number of anilines is 1. The Labute approximate surface area is 116 Å². The van der Waals surface area contributed by atoms with Gasteiger partial charge in [0.15, 0.2) is 9.84 Å². The van der Waals surface area contributed by atoms with Crippen LogP contribution in [0.15, 0.2) is 35.1 Å². The van der Waals surface area contributed by atoms with Gasteiger partial charge in [0.25, 0.3) is 5.56 Å². The van der Waals surface area contributed by atoms with Crippen LogP contribution in [0, 0.1) is 0 Å². The molecule has 0 aliphatic carbocycles. The lowest BCUT2D eigenvalue weighted by molar-refractivity contribution is 0.602. The minimum Gasteiger partial charge on any atom is -0.381 e. The van der Waals surface area contributed by atoms with Crippen LogP contribution < -0.4 is 10.9 Å². The van der Waals surface area contributed by atoms with Crippen molar-refractivity contribution in [1.82, 2.24) is 10.2 Å². The second kappa shape index (κ2) is 4.82. The lowest BCUT2D eigenvalue weighted by atomic mass is 10.1. The van der Waals surface area contributed by atoms with E-state index in [0.29, 0.717) is 6.42 Å². The number of aromatic nitrogens is 2. The second-order valence-electron chi connectivity index (χ2n) is 4.99. The first-order valence-electron chi connectivity index (χ1n) is 6.37. The van der Waals surface area contributed by atoms with Gasteiger partial charge in [0.05, 0.1) is 17.2 Å². The first kappa shape index (κ1) is 13.0.